The Morgan fingerprint density at radius 3 is 3.11 bits per heavy atom. The molecular weight excluding hydrogens is 286 g/mol. The van der Waals surface area contributed by atoms with Crippen LogP contribution in [0.5, 0.6) is 0 Å². The van der Waals surface area contributed by atoms with E-state index in [4.69, 9.17) is 11.6 Å². The second kappa shape index (κ2) is 6.52. The summed E-state index contributed by atoms with van der Waals surface area (Å²) in [5.74, 6) is 0.699. The number of rotatable bonds is 4. The van der Waals surface area contributed by atoms with Crippen LogP contribution in [0.2, 0.25) is 5.02 Å². The molecule has 0 aliphatic heterocycles. The molecule has 0 radical (unpaired) electrons. The minimum absolute atomic E-state index is 0.133. The van der Waals surface area contributed by atoms with Crippen molar-refractivity contribution in [2.45, 2.75) is 43.9 Å². The Kier molecular flexibility index (Phi) is 4.99. The fourth-order valence-electron chi connectivity index (χ4n) is 2.45. The van der Waals surface area contributed by atoms with Gasteiger partial charge in [0, 0.05) is 27.8 Å². The average molecular weight is 304 g/mol. The van der Waals surface area contributed by atoms with E-state index in [1.54, 1.807) is 0 Å². The Hall–Kier alpha value is -0.880. The summed E-state index contributed by atoms with van der Waals surface area (Å²) in [6.45, 7) is 1.95. The van der Waals surface area contributed by atoms with Gasteiger partial charge >= 0.3 is 0 Å². The number of halogens is 1. The van der Waals surface area contributed by atoms with Crippen LogP contribution in [0.4, 0.5) is 5.69 Å². The molecule has 1 aromatic heterocycles. The minimum Gasteiger partial charge on any atom is -0.380 e. The van der Waals surface area contributed by atoms with Gasteiger partial charge in [-0.3, -0.25) is 9.00 Å². The first kappa shape index (κ1) is 14.5. The molecule has 19 heavy (non-hydrogen) atoms. The summed E-state index contributed by atoms with van der Waals surface area (Å²) < 4.78 is 11.9. The van der Waals surface area contributed by atoms with Crippen molar-refractivity contribution < 1.29 is 4.21 Å². The zero-order chi connectivity index (χ0) is 13.8. The number of nitrogens with one attached hydrogen (secondary N) is 2. The summed E-state index contributed by atoms with van der Waals surface area (Å²) in [4.78, 5) is 11.4. The quantitative estimate of drug-likeness (QED) is 0.891. The number of aromatic amines is 1. The summed E-state index contributed by atoms with van der Waals surface area (Å²) in [7, 11) is -0.758. The molecule has 1 aromatic rings. The highest BCUT2D eigenvalue weighted by molar-refractivity contribution is 7.85. The van der Waals surface area contributed by atoms with E-state index in [0.717, 1.165) is 25.7 Å². The highest BCUT2D eigenvalue weighted by Gasteiger charge is 2.26. The summed E-state index contributed by atoms with van der Waals surface area (Å²) in [6.07, 6.45) is 5.43. The summed E-state index contributed by atoms with van der Waals surface area (Å²) >= 11 is 5.93. The molecule has 7 heteroatoms. The summed E-state index contributed by atoms with van der Waals surface area (Å²) in [5, 5.41) is 9.65. The zero-order valence-electron chi connectivity index (χ0n) is 10.8. The molecule has 5 nitrogen and oxygen atoms in total. The van der Waals surface area contributed by atoms with Gasteiger partial charge in [-0.05, 0) is 19.3 Å². The lowest BCUT2D eigenvalue weighted by Gasteiger charge is -2.29. The molecule has 106 valence electrons. The van der Waals surface area contributed by atoms with Gasteiger partial charge in [0.15, 0.2) is 0 Å². The maximum Gasteiger partial charge on any atom is 0.285 e. The Balaban J connectivity index is 2.05. The predicted octanol–water partition coefficient (Wildman–Crippen LogP) is 1.91. The fourth-order valence-corrected chi connectivity index (χ4v) is 3.95. The van der Waals surface area contributed by atoms with E-state index in [9.17, 15) is 9.00 Å². The van der Waals surface area contributed by atoms with Gasteiger partial charge in [0.1, 0.15) is 5.02 Å². The fraction of sp³-hybridized carbons (Fsp3) is 0.667. The van der Waals surface area contributed by atoms with Crippen molar-refractivity contribution in [1.29, 1.82) is 0 Å². The molecule has 3 unspecified atom stereocenters. The third-order valence-corrected chi connectivity index (χ3v) is 5.55. The smallest absolute Gasteiger partial charge is 0.285 e. The molecule has 1 fully saturated rings. The molecule has 0 amide bonds. The predicted molar refractivity (Wildman–Crippen MR) is 78.2 cm³/mol. The standard InChI is InChI=1S/C12H18ClN3O2S/c1-2-19(18)9-5-3-4-8(6-9)15-10-7-14-16-12(17)11(10)13/h7-9H,2-6H2,1H3,(H2,15,16,17). The molecule has 1 aliphatic carbocycles. The largest absolute Gasteiger partial charge is 0.380 e. The molecule has 1 aliphatic rings. The summed E-state index contributed by atoms with van der Waals surface area (Å²) in [5.41, 5.74) is 0.162. The van der Waals surface area contributed by atoms with Crippen molar-refractivity contribution in [2.24, 2.45) is 0 Å². The molecule has 1 saturated carbocycles. The van der Waals surface area contributed by atoms with Crippen molar-refractivity contribution in [3.05, 3.63) is 21.6 Å². The van der Waals surface area contributed by atoms with Crippen molar-refractivity contribution >= 4 is 28.1 Å². The first-order chi connectivity index (χ1) is 9.11. The van der Waals surface area contributed by atoms with E-state index >= 15 is 0 Å². The number of nitrogens with zero attached hydrogens (tertiary/aromatic N) is 1. The molecule has 3 atom stereocenters. The van der Waals surface area contributed by atoms with Gasteiger partial charge < -0.3 is 5.32 Å². The Bertz CT molecular complexity index is 520. The van der Waals surface area contributed by atoms with E-state index in [1.807, 2.05) is 6.92 Å². The molecule has 2 rings (SSSR count). The van der Waals surface area contributed by atoms with Crippen LogP contribution in [0.25, 0.3) is 0 Å². The molecule has 1 heterocycles. The van der Waals surface area contributed by atoms with E-state index in [0.29, 0.717) is 11.4 Å². The molecule has 0 bridgehead atoms. The Morgan fingerprint density at radius 2 is 2.37 bits per heavy atom. The van der Waals surface area contributed by atoms with Crippen LogP contribution in [0.15, 0.2) is 11.0 Å². The monoisotopic (exact) mass is 303 g/mol. The van der Waals surface area contributed by atoms with E-state index in [2.05, 4.69) is 15.5 Å². The average Bonchev–Trinajstić information content (AvgIpc) is 2.43. The normalized spacial score (nSPS) is 24.9. The highest BCUT2D eigenvalue weighted by atomic mass is 35.5. The molecule has 0 saturated heterocycles. The third kappa shape index (κ3) is 3.57. The number of anilines is 1. The molecule has 2 N–H and O–H groups in total. The third-order valence-electron chi connectivity index (χ3n) is 3.44. The summed E-state index contributed by atoms with van der Waals surface area (Å²) in [6, 6.07) is 0.204. The van der Waals surface area contributed by atoms with Crippen molar-refractivity contribution in [3.8, 4) is 0 Å². The van der Waals surface area contributed by atoms with Crippen LogP contribution < -0.4 is 10.9 Å². The minimum atomic E-state index is -0.758. The van der Waals surface area contributed by atoms with Gasteiger partial charge in [-0.2, -0.15) is 5.10 Å². The highest BCUT2D eigenvalue weighted by Crippen LogP contribution is 2.26. The van der Waals surface area contributed by atoms with Crippen LogP contribution in [0.3, 0.4) is 0 Å². The maximum atomic E-state index is 11.9. The van der Waals surface area contributed by atoms with Crippen LogP contribution in [0.1, 0.15) is 32.6 Å². The topological polar surface area (TPSA) is 74.8 Å². The van der Waals surface area contributed by atoms with Gasteiger partial charge in [-0.25, -0.2) is 5.10 Å². The van der Waals surface area contributed by atoms with Crippen LogP contribution >= 0.6 is 11.6 Å². The zero-order valence-corrected chi connectivity index (χ0v) is 12.4. The molecule has 0 spiro atoms. The number of aromatic nitrogens is 2. The molecular formula is C12H18ClN3O2S. The lowest BCUT2D eigenvalue weighted by Crippen LogP contribution is -2.33. The number of H-pyrrole nitrogens is 1. The van der Waals surface area contributed by atoms with Crippen LogP contribution in [0, 0.1) is 0 Å². The Labute approximate surface area is 119 Å². The van der Waals surface area contributed by atoms with Crippen molar-refractivity contribution in [1.82, 2.24) is 10.2 Å². The first-order valence-corrected chi connectivity index (χ1v) is 8.24. The lowest BCUT2D eigenvalue weighted by atomic mass is 9.95. The van der Waals surface area contributed by atoms with E-state index in [-0.39, 0.29) is 16.3 Å². The Morgan fingerprint density at radius 1 is 1.58 bits per heavy atom. The maximum absolute atomic E-state index is 11.9. The van der Waals surface area contributed by atoms with Crippen molar-refractivity contribution in [3.63, 3.8) is 0 Å². The van der Waals surface area contributed by atoms with Gasteiger partial charge in [0.25, 0.3) is 5.56 Å². The SMILES string of the molecule is CCS(=O)C1CCCC(Nc2cn[nH]c(=O)c2Cl)C1. The van der Waals surface area contributed by atoms with Gasteiger partial charge in [-0.1, -0.05) is 24.9 Å². The second-order valence-electron chi connectivity index (χ2n) is 4.73. The number of hydrogen-bond acceptors (Lipinski definition) is 4. The van der Waals surface area contributed by atoms with Crippen LogP contribution in [-0.4, -0.2) is 31.5 Å². The van der Waals surface area contributed by atoms with Gasteiger partial charge in [0.05, 0.1) is 11.9 Å². The molecule has 0 aromatic carbocycles. The lowest BCUT2D eigenvalue weighted by molar-refractivity contribution is 0.465. The van der Waals surface area contributed by atoms with E-state index in [1.165, 1.54) is 6.20 Å². The second-order valence-corrected chi connectivity index (χ2v) is 7.11. The van der Waals surface area contributed by atoms with Crippen molar-refractivity contribution in [2.75, 3.05) is 11.1 Å². The number of hydrogen-bond donors (Lipinski definition) is 2. The van der Waals surface area contributed by atoms with Gasteiger partial charge in [0.2, 0.25) is 0 Å². The first-order valence-electron chi connectivity index (χ1n) is 6.48. The van der Waals surface area contributed by atoms with Gasteiger partial charge in [-0.15, -0.1) is 0 Å². The van der Waals surface area contributed by atoms with E-state index < -0.39 is 16.4 Å². The van der Waals surface area contributed by atoms with Crippen LogP contribution in [-0.2, 0) is 10.8 Å².